The maximum absolute atomic E-state index is 13.3. The molecule has 0 bridgehead atoms. The van der Waals surface area contributed by atoms with Crippen molar-refractivity contribution in [2.45, 2.75) is 12.2 Å². The molecule has 5 rings (SSSR count). The van der Waals surface area contributed by atoms with Gasteiger partial charge in [-0.15, -0.1) is 0 Å². The first-order valence-corrected chi connectivity index (χ1v) is 8.33. The van der Waals surface area contributed by atoms with Crippen molar-refractivity contribution in [2.75, 3.05) is 10.6 Å². The van der Waals surface area contributed by atoms with Gasteiger partial charge in [0.2, 0.25) is 5.66 Å². The molecule has 128 valence electrons. The molecule has 6 heteroatoms. The van der Waals surface area contributed by atoms with Crippen molar-refractivity contribution >= 4 is 23.2 Å². The summed E-state index contributed by atoms with van der Waals surface area (Å²) in [4.78, 5) is 28.0. The van der Waals surface area contributed by atoms with Gasteiger partial charge in [-0.2, -0.15) is 0 Å². The average Bonchev–Trinajstić information content (AvgIpc) is 3.26. The van der Waals surface area contributed by atoms with E-state index in [4.69, 9.17) is 4.42 Å². The number of fused-ring (bicyclic) bond motifs is 3. The van der Waals surface area contributed by atoms with E-state index in [0.717, 1.165) is 5.56 Å². The minimum absolute atomic E-state index is 0.176. The Hall–Kier alpha value is -3.54. The van der Waals surface area contributed by atoms with Gasteiger partial charge in [0, 0.05) is 16.9 Å². The van der Waals surface area contributed by atoms with Crippen molar-refractivity contribution in [2.24, 2.45) is 0 Å². The smallest absolute Gasteiger partial charge is 0.276 e. The molecular formula is C20H15N3O3. The van der Waals surface area contributed by atoms with Crippen LogP contribution < -0.4 is 10.6 Å². The molecule has 1 spiro atoms. The van der Waals surface area contributed by atoms with Crippen LogP contribution in [0.25, 0.3) is 0 Å². The third-order valence-electron chi connectivity index (χ3n) is 4.91. The monoisotopic (exact) mass is 345 g/mol. The van der Waals surface area contributed by atoms with E-state index in [-0.39, 0.29) is 18.4 Å². The van der Waals surface area contributed by atoms with Gasteiger partial charge in [-0.1, -0.05) is 30.3 Å². The van der Waals surface area contributed by atoms with Gasteiger partial charge in [0.15, 0.2) is 0 Å². The number of hydrogen-bond donors (Lipinski definition) is 2. The second-order valence-electron chi connectivity index (χ2n) is 6.35. The predicted octanol–water partition coefficient (Wildman–Crippen LogP) is 3.15. The Balaban J connectivity index is 1.74. The number of anilines is 2. The molecule has 0 saturated carbocycles. The summed E-state index contributed by atoms with van der Waals surface area (Å²) >= 11 is 0. The molecule has 2 aromatic carbocycles. The highest BCUT2D eigenvalue weighted by Gasteiger charge is 2.56. The fraction of sp³-hybridized carbons (Fsp3) is 0.100. The van der Waals surface area contributed by atoms with Gasteiger partial charge in [0.1, 0.15) is 5.76 Å². The first-order chi connectivity index (χ1) is 12.7. The minimum Gasteiger partial charge on any atom is -0.467 e. The molecule has 2 aliphatic rings. The number of amides is 2. The zero-order chi connectivity index (χ0) is 17.7. The van der Waals surface area contributed by atoms with Gasteiger partial charge < -0.3 is 15.1 Å². The number of furan rings is 1. The van der Waals surface area contributed by atoms with Crippen molar-refractivity contribution in [3.8, 4) is 0 Å². The Morgan fingerprint density at radius 1 is 0.923 bits per heavy atom. The maximum Gasteiger partial charge on any atom is 0.276 e. The molecule has 1 aromatic heterocycles. The van der Waals surface area contributed by atoms with Gasteiger partial charge in [-0.3, -0.25) is 14.5 Å². The van der Waals surface area contributed by atoms with Crippen LogP contribution in [-0.4, -0.2) is 16.7 Å². The van der Waals surface area contributed by atoms with E-state index >= 15 is 0 Å². The van der Waals surface area contributed by atoms with Crippen LogP contribution in [0.3, 0.4) is 0 Å². The number of hydrogen-bond acceptors (Lipinski definition) is 4. The SMILES string of the molecule is O=C1c2ccccc2N[C@]2(C(=O)Nc3ccccc32)N1Cc1ccco1. The summed E-state index contributed by atoms with van der Waals surface area (Å²) in [6.45, 7) is 0.176. The van der Waals surface area contributed by atoms with Crippen LogP contribution in [0.4, 0.5) is 11.4 Å². The van der Waals surface area contributed by atoms with E-state index in [1.54, 1.807) is 24.5 Å². The molecule has 3 aromatic rings. The zero-order valence-electron chi connectivity index (χ0n) is 13.7. The lowest BCUT2D eigenvalue weighted by atomic mass is 9.93. The number of carbonyl (C=O) groups is 2. The molecule has 1 atom stereocenters. The Kier molecular flexibility index (Phi) is 2.97. The number of rotatable bonds is 2. The van der Waals surface area contributed by atoms with Crippen molar-refractivity contribution in [3.05, 3.63) is 83.8 Å². The van der Waals surface area contributed by atoms with Crippen LogP contribution in [0.2, 0.25) is 0 Å². The summed E-state index contributed by atoms with van der Waals surface area (Å²) in [5.74, 6) is 0.104. The number of nitrogens with zero attached hydrogens (tertiary/aromatic N) is 1. The summed E-state index contributed by atoms with van der Waals surface area (Å²) in [5, 5.41) is 6.22. The highest BCUT2D eigenvalue weighted by molar-refractivity contribution is 6.14. The summed E-state index contributed by atoms with van der Waals surface area (Å²) < 4.78 is 5.45. The molecule has 2 aliphatic heterocycles. The highest BCUT2D eigenvalue weighted by Crippen LogP contribution is 2.45. The fourth-order valence-corrected chi connectivity index (χ4v) is 3.72. The molecule has 3 heterocycles. The third kappa shape index (κ3) is 1.86. The molecule has 0 aliphatic carbocycles. The molecule has 0 radical (unpaired) electrons. The van der Waals surface area contributed by atoms with Crippen LogP contribution in [0.5, 0.6) is 0 Å². The topological polar surface area (TPSA) is 74.6 Å². The Morgan fingerprint density at radius 2 is 1.69 bits per heavy atom. The van der Waals surface area contributed by atoms with Gasteiger partial charge >= 0.3 is 0 Å². The first-order valence-electron chi connectivity index (χ1n) is 8.33. The second kappa shape index (κ2) is 5.23. The van der Waals surface area contributed by atoms with E-state index in [9.17, 15) is 9.59 Å². The first kappa shape index (κ1) is 14.8. The van der Waals surface area contributed by atoms with E-state index in [0.29, 0.717) is 22.7 Å². The molecule has 2 amide bonds. The summed E-state index contributed by atoms with van der Waals surface area (Å²) in [6.07, 6.45) is 1.56. The summed E-state index contributed by atoms with van der Waals surface area (Å²) in [5.41, 5.74) is 1.28. The van der Waals surface area contributed by atoms with Crippen molar-refractivity contribution in [1.82, 2.24) is 4.90 Å². The van der Waals surface area contributed by atoms with E-state index in [2.05, 4.69) is 10.6 Å². The van der Waals surface area contributed by atoms with E-state index in [1.165, 1.54) is 4.90 Å². The van der Waals surface area contributed by atoms with E-state index < -0.39 is 5.66 Å². The summed E-state index contributed by atoms with van der Waals surface area (Å²) in [6, 6.07) is 18.2. The Morgan fingerprint density at radius 3 is 2.50 bits per heavy atom. The normalized spacial score (nSPS) is 20.5. The molecular weight excluding hydrogens is 330 g/mol. The van der Waals surface area contributed by atoms with Crippen LogP contribution in [-0.2, 0) is 17.0 Å². The molecule has 0 saturated heterocycles. The minimum atomic E-state index is -1.31. The van der Waals surface area contributed by atoms with Gasteiger partial charge in [-0.05, 0) is 30.3 Å². The molecule has 0 unspecified atom stereocenters. The average molecular weight is 345 g/mol. The van der Waals surface area contributed by atoms with Gasteiger partial charge in [-0.25, -0.2) is 0 Å². The number of para-hydroxylation sites is 2. The predicted molar refractivity (Wildman–Crippen MR) is 95.4 cm³/mol. The Labute approximate surface area is 149 Å². The Bertz CT molecular complexity index is 1030. The lowest BCUT2D eigenvalue weighted by molar-refractivity contribution is -0.125. The van der Waals surface area contributed by atoms with Crippen LogP contribution in [0, 0.1) is 0 Å². The summed E-state index contributed by atoms with van der Waals surface area (Å²) in [7, 11) is 0. The molecule has 0 fully saturated rings. The fourth-order valence-electron chi connectivity index (χ4n) is 3.72. The highest BCUT2D eigenvalue weighted by atomic mass is 16.3. The molecule has 2 N–H and O–H groups in total. The van der Waals surface area contributed by atoms with Crippen molar-refractivity contribution < 1.29 is 14.0 Å². The van der Waals surface area contributed by atoms with Crippen LogP contribution in [0.1, 0.15) is 21.7 Å². The van der Waals surface area contributed by atoms with Crippen LogP contribution >= 0.6 is 0 Å². The lowest BCUT2D eigenvalue weighted by Gasteiger charge is -2.44. The van der Waals surface area contributed by atoms with E-state index in [1.807, 2.05) is 42.5 Å². The van der Waals surface area contributed by atoms with Crippen molar-refractivity contribution in [3.63, 3.8) is 0 Å². The number of benzene rings is 2. The number of carbonyl (C=O) groups excluding carboxylic acids is 2. The van der Waals surface area contributed by atoms with Gasteiger partial charge in [0.25, 0.3) is 11.8 Å². The lowest BCUT2D eigenvalue weighted by Crippen LogP contribution is -2.60. The molecule has 26 heavy (non-hydrogen) atoms. The van der Waals surface area contributed by atoms with Gasteiger partial charge in [0.05, 0.1) is 18.4 Å². The third-order valence-corrected chi connectivity index (χ3v) is 4.91. The maximum atomic E-state index is 13.3. The second-order valence-corrected chi connectivity index (χ2v) is 6.35. The zero-order valence-corrected chi connectivity index (χ0v) is 13.7. The largest absolute Gasteiger partial charge is 0.467 e. The quantitative estimate of drug-likeness (QED) is 0.748. The molecule has 6 nitrogen and oxygen atoms in total. The number of nitrogens with one attached hydrogen (secondary N) is 2. The standard InChI is InChI=1S/C20H15N3O3/c24-18-14-7-1-3-9-16(14)22-20(23(18)12-13-6-5-11-26-13)15-8-2-4-10-17(15)21-19(20)25/h1-11,22H,12H2,(H,21,25)/t20-/m0/s1. The van der Waals surface area contributed by atoms with Crippen molar-refractivity contribution in [1.29, 1.82) is 0 Å². The van der Waals surface area contributed by atoms with Crippen LogP contribution in [0.15, 0.2) is 71.3 Å².